The van der Waals surface area contributed by atoms with Gasteiger partial charge in [0.15, 0.2) is 17.5 Å². The summed E-state index contributed by atoms with van der Waals surface area (Å²) in [6.07, 6.45) is 3.93. The van der Waals surface area contributed by atoms with Gasteiger partial charge in [-0.05, 0) is 37.1 Å². The van der Waals surface area contributed by atoms with Gasteiger partial charge in [0, 0.05) is 24.5 Å². The van der Waals surface area contributed by atoms with E-state index in [0.29, 0.717) is 22.9 Å². The van der Waals surface area contributed by atoms with Crippen LogP contribution in [0.15, 0.2) is 42.7 Å². The molecule has 3 heterocycles. The van der Waals surface area contributed by atoms with Crippen molar-refractivity contribution < 1.29 is 17.2 Å². The molecule has 0 saturated heterocycles. The minimum atomic E-state index is -3.90. The van der Waals surface area contributed by atoms with Crippen LogP contribution in [-0.4, -0.2) is 52.3 Å². The summed E-state index contributed by atoms with van der Waals surface area (Å²) in [5.74, 6) is -0.394. The molecule has 188 valence electrons. The summed E-state index contributed by atoms with van der Waals surface area (Å²) in [4.78, 5) is 21.7. The molecule has 0 atom stereocenters. The van der Waals surface area contributed by atoms with Crippen molar-refractivity contribution in [3.8, 4) is 22.6 Å². The largest absolute Gasteiger partial charge is 0.382 e. The highest BCUT2D eigenvalue weighted by Crippen LogP contribution is 2.30. The molecule has 4 rings (SSSR count). The lowest BCUT2D eigenvalue weighted by Crippen LogP contribution is -2.18. The fraction of sp³-hybridized carbons (Fsp3) is 0.261. The minimum Gasteiger partial charge on any atom is -0.382 e. The van der Waals surface area contributed by atoms with E-state index in [2.05, 4.69) is 35.0 Å². The highest BCUT2D eigenvalue weighted by Gasteiger charge is 2.18. The van der Waals surface area contributed by atoms with Crippen LogP contribution in [0.4, 0.5) is 26.2 Å². The molecule has 36 heavy (non-hydrogen) atoms. The Labute approximate surface area is 206 Å². The number of nitrogens with one attached hydrogen (secondary N) is 2. The monoisotopic (exact) mass is 514 g/mol. The predicted octanol–water partition coefficient (Wildman–Crippen LogP) is 3.79. The summed E-state index contributed by atoms with van der Waals surface area (Å²) in [5.41, 5.74) is 7.40. The molecular formula is C23H24F2N8O2S. The lowest BCUT2D eigenvalue weighted by Gasteiger charge is -2.12. The van der Waals surface area contributed by atoms with Crippen LogP contribution in [0.1, 0.15) is 19.8 Å². The number of hydrogen-bond donors (Lipinski definition) is 3. The molecule has 0 fully saturated rings. The van der Waals surface area contributed by atoms with Gasteiger partial charge in [-0.25, -0.2) is 37.7 Å². The second-order valence-corrected chi connectivity index (χ2v) is 9.69. The van der Waals surface area contributed by atoms with Crippen molar-refractivity contribution in [1.82, 2.24) is 24.9 Å². The highest BCUT2D eigenvalue weighted by molar-refractivity contribution is 7.92. The number of nitrogens with zero attached hydrogens (tertiary/aromatic N) is 5. The van der Waals surface area contributed by atoms with E-state index in [9.17, 15) is 12.8 Å². The van der Waals surface area contributed by atoms with Crippen molar-refractivity contribution in [2.45, 2.75) is 19.8 Å². The molecule has 0 aliphatic carbocycles. The SMILES string of the molecule is CCCNc1ncc(-c2nc(N)c3nc(-c4cccc(NS(=O)(=O)CCCF)c4F)ccc3n2)cn1. The molecule has 0 bridgehead atoms. The van der Waals surface area contributed by atoms with Gasteiger partial charge in [0.2, 0.25) is 16.0 Å². The summed E-state index contributed by atoms with van der Waals surface area (Å²) in [6, 6.07) is 7.39. The van der Waals surface area contributed by atoms with Gasteiger partial charge < -0.3 is 11.1 Å². The second-order valence-electron chi connectivity index (χ2n) is 7.85. The van der Waals surface area contributed by atoms with Crippen LogP contribution >= 0.6 is 0 Å². The standard InChI is InChI=1S/C23H24F2N8O2S/c1-2-10-27-23-28-12-14(13-29-23)22-31-18-8-7-16(30-20(18)21(26)32-22)15-5-3-6-17(19(15)25)33-36(34,35)11-4-9-24/h3,5-8,12-13,33H,2,4,9-11H2,1H3,(H2,26,31,32)(H,27,28,29). The third-order valence-corrected chi connectivity index (χ3v) is 6.46. The Morgan fingerprint density at radius 1 is 1.06 bits per heavy atom. The zero-order valence-corrected chi connectivity index (χ0v) is 20.2. The molecule has 13 heteroatoms. The van der Waals surface area contributed by atoms with Gasteiger partial charge in [0.1, 0.15) is 5.52 Å². The van der Waals surface area contributed by atoms with Crippen molar-refractivity contribution >= 4 is 38.5 Å². The Morgan fingerprint density at radius 2 is 1.83 bits per heavy atom. The maximum absolute atomic E-state index is 15.2. The van der Waals surface area contributed by atoms with Crippen LogP contribution in [0, 0.1) is 5.82 Å². The Balaban J connectivity index is 1.65. The number of benzene rings is 1. The van der Waals surface area contributed by atoms with E-state index in [4.69, 9.17) is 5.73 Å². The molecule has 0 unspecified atom stereocenters. The number of alkyl halides is 1. The molecule has 0 spiro atoms. The number of nitrogens with two attached hydrogens (primary N) is 1. The van der Waals surface area contributed by atoms with Gasteiger partial charge in [-0.1, -0.05) is 13.0 Å². The van der Waals surface area contributed by atoms with E-state index in [0.717, 1.165) is 13.0 Å². The maximum Gasteiger partial charge on any atom is 0.232 e. The molecule has 1 aromatic carbocycles. The summed E-state index contributed by atoms with van der Waals surface area (Å²) in [6.45, 7) is 2.00. The first-order chi connectivity index (χ1) is 17.3. The first-order valence-corrected chi connectivity index (χ1v) is 12.8. The smallest absolute Gasteiger partial charge is 0.232 e. The number of pyridine rings is 1. The van der Waals surface area contributed by atoms with Crippen LogP contribution < -0.4 is 15.8 Å². The molecule has 4 aromatic rings. The first kappa shape index (κ1) is 25.1. The van der Waals surface area contributed by atoms with E-state index >= 15 is 4.39 Å². The van der Waals surface area contributed by atoms with Crippen molar-refractivity contribution in [2.75, 3.05) is 34.7 Å². The van der Waals surface area contributed by atoms with Crippen molar-refractivity contribution in [3.05, 3.63) is 48.5 Å². The predicted molar refractivity (Wildman–Crippen MR) is 135 cm³/mol. The number of sulfonamides is 1. The van der Waals surface area contributed by atoms with E-state index in [1.54, 1.807) is 24.5 Å². The summed E-state index contributed by atoms with van der Waals surface area (Å²) < 4.78 is 53.9. The number of aromatic nitrogens is 5. The number of nitrogen functional groups attached to an aromatic ring is 1. The molecule has 4 N–H and O–H groups in total. The number of hydrogen-bond acceptors (Lipinski definition) is 9. The number of halogens is 2. The Morgan fingerprint density at radius 3 is 2.56 bits per heavy atom. The zero-order valence-electron chi connectivity index (χ0n) is 19.4. The van der Waals surface area contributed by atoms with Crippen molar-refractivity contribution in [1.29, 1.82) is 0 Å². The average molecular weight is 515 g/mol. The molecule has 3 aromatic heterocycles. The molecule has 0 radical (unpaired) electrons. The van der Waals surface area contributed by atoms with E-state index in [1.165, 1.54) is 18.2 Å². The fourth-order valence-electron chi connectivity index (χ4n) is 3.36. The number of fused-ring (bicyclic) bond motifs is 1. The Kier molecular flexibility index (Phi) is 7.48. The Hall–Kier alpha value is -4.00. The third kappa shape index (κ3) is 5.62. The van der Waals surface area contributed by atoms with Crippen molar-refractivity contribution in [2.24, 2.45) is 0 Å². The first-order valence-electron chi connectivity index (χ1n) is 11.2. The van der Waals surface area contributed by atoms with Gasteiger partial charge in [0.05, 0.1) is 34.9 Å². The maximum atomic E-state index is 15.2. The lowest BCUT2D eigenvalue weighted by molar-refractivity contribution is 0.484. The van der Waals surface area contributed by atoms with Crippen molar-refractivity contribution in [3.63, 3.8) is 0 Å². The highest BCUT2D eigenvalue weighted by atomic mass is 32.2. The van der Waals surface area contributed by atoms with Gasteiger partial charge >= 0.3 is 0 Å². The molecule has 0 aliphatic rings. The summed E-state index contributed by atoms with van der Waals surface area (Å²) in [7, 11) is -3.90. The lowest BCUT2D eigenvalue weighted by atomic mass is 10.1. The van der Waals surface area contributed by atoms with E-state index in [-0.39, 0.29) is 34.7 Å². The topological polar surface area (TPSA) is 149 Å². The van der Waals surface area contributed by atoms with Gasteiger partial charge in [-0.15, -0.1) is 0 Å². The second kappa shape index (κ2) is 10.7. The van der Waals surface area contributed by atoms with Gasteiger partial charge in [0.25, 0.3) is 0 Å². The molecule has 0 saturated carbocycles. The summed E-state index contributed by atoms with van der Waals surface area (Å²) >= 11 is 0. The van der Waals surface area contributed by atoms with Gasteiger partial charge in [-0.3, -0.25) is 9.11 Å². The zero-order chi connectivity index (χ0) is 25.7. The van der Waals surface area contributed by atoms with E-state index < -0.39 is 28.3 Å². The summed E-state index contributed by atoms with van der Waals surface area (Å²) in [5, 5.41) is 3.08. The van der Waals surface area contributed by atoms with Crippen LogP contribution in [0.25, 0.3) is 33.7 Å². The normalized spacial score (nSPS) is 11.5. The molecule has 10 nitrogen and oxygen atoms in total. The number of anilines is 3. The Bertz CT molecular complexity index is 1480. The third-order valence-electron chi connectivity index (χ3n) is 5.10. The minimum absolute atomic E-state index is 0.0506. The van der Waals surface area contributed by atoms with Crippen LogP contribution in [-0.2, 0) is 10.0 Å². The molecule has 0 amide bonds. The van der Waals surface area contributed by atoms with Crippen LogP contribution in [0.3, 0.4) is 0 Å². The van der Waals surface area contributed by atoms with E-state index in [1.807, 2.05) is 6.92 Å². The quantitative estimate of drug-likeness (QED) is 0.287. The fourth-order valence-corrected chi connectivity index (χ4v) is 4.44. The molecular weight excluding hydrogens is 490 g/mol. The molecule has 0 aliphatic heterocycles. The van der Waals surface area contributed by atoms with Crippen LogP contribution in [0.2, 0.25) is 0 Å². The van der Waals surface area contributed by atoms with Crippen LogP contribution in [0.5, 0.6) is 0 Å². The average Bonchev–Trinajstić information content (AvgIpc) is 2.87. The van der Waals surface area contributed by atoms with Gasteiger partial charge in [-0.2, -0.15) is 0 Å². The number of rotatable bonds is 10.